The first kappa shape index (κ1) is 23.7. The van der Waals surface area contributed by atoms with Crippen LogP contribution >= 0.6 is 11.6 Å². The lowest BCUT2D eigenvalue weighted by Crippen LogP contribution is -2.54. The highest BCUT2D eigenvalue weighted by Gasteiger charge is 2.32. The molecule has 0 saturated carbocycles. The minimum absolute atomic E-state index is 0.0443. The Hall–Kier alpha value is -3.40. The van der Waals surface area contributed by atoms with Crippen LogP contribution in [0.15, 0.2) is 30.9 Å². The lowest BCUT2D eigenvalue weighted by atomic mass is 10.1. The molecular formula is C23H28ClN7O3. The van der Waals surface area contributed by atoms with Crippen molar-refractivity contribution in [2.45, 2.75) is 46.3 Å². The van der Waals surface area contributed by atoms with Gasteiger partial charge in [-0.1, -0.05) is 11.6 Å². The number of carbonyl (C=O) groups excluding carboxylic acids is 2. The third-order valence-corrected chi connectivity index (χ3v) is 5.61. The fraction of sp³-hybridized carbons (Fsp3) is 0.435. The van der Waals surface area contributed by atoms with Crippen LogP contribution in [-0.4, -0.2) is 67.7 Å². The first-order chi connectivity index (χ1) is 16.0. The molecule has 0 spiro atoms. The predicted octanol–water partition coefficient (Wildman–Crippen LogP) is 3.87. The van der Waals surface area contributed by atoms with Crippen molar-refractivity contribution in [3.05, 3.63) is 35.9 Å². The molecule has 3 aromatic rings. The second kappa shape index (κ2) is 9.09. The molecule has 1 aliphatic heterocycles. The van der Waals surface area contributed by atoms with Crippen LogP contribution in [0.5, 0.6) is 0 Å². The van der Waals surface area contributed by atoms with Crippen molar-refractivity contribution in [2.75, 3.05) is 29.9 Å². The lowest BCUT2D eigenvalue weighted by molar-refractivity contribution is -0.114. The highest BCUT2D eigenvalue weighted by molar-refractivity contribution is 6.30. The Kier molecular flexibility index (Phi) is 6.35. The molecule has 1 saturated heterocycles. The average Bonchev–Trinajstić information content (AvgIpc) is 3.10. The zero-order valence-corrected chi connectivity index (χ0v) is 20.6. The molecule has 0 radical (unpaired) electrons. The number of ether oxygens (including phenoxy) is 1. The number of aromatic nitrogens is 4. The molecule has 1 fully saturated rings. The molecule has 0 aromatic carbocycles. The Morgan fingerprint density at radius 3 is 2.62 bits per heavy atom. The summed E-state index contributed by atoms with van der Waals surface area (Å²) in [5.41, 5.74) is 0.604. The second-order valence-corrected chi connectivity index (χ2v) is 9.73. The molecular weight excluding hydrogens is 458 g/mol. The van der Waals surface area contributed by atoms with Gasteiger partial charge in [0.15, 0.2) is 5.65 Å². The number of carbonyl (C=O) groups is 2. The molecule has 10 nitrogen and oxygen atoms in total. The highest BCUT2D eigenvalue weighted by atomic mass is 35.5. The van der Waals surface area contributed by atoms with Gasteiger partial charge in [0.05, 0.1) is 11.1 Å². The number of piperazine rings is 1. The predicted molar refractivity (Wildman–Crippen MR) is 131 cm³/mol. The van der Waals surface area contributed by atoms with Crippen molar-refractivity contribution >= 4 is 46.1 Å². The quantitative estimate of drug-likeness (QED) is 0.600. The Morgan fingerprint density at radius 2 is 1.97 bits per heavy atom. The van der Waals surface area contributed by atoms with E-state index in [-0.39, 0.29) is 18.0 Å². The van der Waals surface area contributed by atoms with Gasteiger partial charge in [0.1, 0.15) is 23.6 Å². The van der Waals surface area contributed by atoms with E-state index in [2.05, 4.69) is 25.2 Å². The minimum atomic E-state index is -0.555. The largest absolute Gasteiger partial charge is 0.444 e. The van der Waals surface area contributed by atoms with Gasteiger partial charge in [-0.25, -0.2) is 19.7 Å². The monoisotopic (exact) mass is 485 g/mol. The maximum Gasteiger partial charge on any atom is 0.410 e. The number of fused-ring (bicyclic) bond motifs is 1. The highest BCUT2D eigenvalue weighted by Crippen LogP contribution is 2.35. The van der Waals surface area contributed by atoms with Crippen molar-refractivity contribution < 1.29 is 14.3 Å². The molecule has 1 aliphatic rings. The minimum Gasteiger partial charge on any atom is -0.444 e. The van der Waals surface area contributed by atoms with Crippen LogP contribution in [0.3, 0.4) is 0 Å². The number of anilines is 2. The molecule has 4 heterocycles. The molecule has 34 heavy (non-hydrogen) atoms. The number of rotatable bonds is 3. The van der Waals surface area contributed by atoms with E-state index in [9.17, 15) is 9.59 Å². The molecule has 0 bridgehead atoms. The summed E-state index contributed by atoms with van der Waals surface area (Å²) < 4.78 is 7.31. The Balaban J connectivity index is 1.72. The number of hydrogen-bond donors (Lipinski definition) is 1. The van der Waals surface area contributed by atoms with E-state index < -0.39 is 5.60 Å². The summed E-state index contributed by atoms with van der Waals surface area (Å²) >= 11 is 6.18. The zero-order valence-electron chi connectivity index (χ0n) is 19.9. The van der Waals surface area contributed by atoms with Crippen LogP contribution in [0, 0.1) is 0 Å². The SMILES string of the molecule is CC(=O)Nc1cn(-c2cc(Cl)ccn2)c2ncnc(N3CCN(C(=O)OC(C)(C)C)C[C@@H]3C)c12. The van der Waals surface area contributed by atoms with Crippen LogP contribution in [-0.2, 0) is 9.53 Å². The van der Waals surface area contributed by atoms with Crippen LogP contribution in [0.1, 0.15) is 34.6 Å². The first-order valence-corrected chi connectivity index (χ1v) is 11.4. The van der Waals surface area contributed by atoms with Crippen LogP contribution in [0.4, 0.5) is 16.3 Å². The summed E-state index contributed by atoms with van der Waals surface area (Å²) in [6, 6.07) is 3.37. The van der Waals surface area contributed by atoms with Crippen molar-refractivity contribution in [1.82, 2.24) is 24.4 Å². The zero-order chi connectivity index (χ0) is 24.6. The maximum absolute atomic E-state index is 12.6. The van der Waals surface area contributed by atoms with Crippen molar-refractivity contribution in [3.8, 4) is 5.82 Å². The number of nitrogens with zero attached hydrogens (tertiary/aromatic N) is 6. The van der Waals surface area contributed by atoms with Gasteiger partial charge in [-0.05, 0) is 33.8 Å². The van der Waals surface area contributed by atoms with Gasteiger partial charge >= 0.3 is 6.09 Å². The van der Waals surface area contributed by atoms with Gasteiger partial charge in [-0.3, -0.25) is 9.36 Å². The molecule has 0 aliphatic carbocycles. The van der Waals surface area contributed by atoms with Crippen LogP contribution in [0.2, 0.25) is 5.02 Å². The maximum atomic E-state index is 12.6. The summed E-state index contributed by atoms with van der Waals surface area (Å²) in [7, 11) is 0. The standard InChI is InChI=1S/C23H28ClN7O3/c1-14-11-29(22(33)34-23(3,4)5)8-9-30(14)20-19-17(28-15(2)32)12-31(21(19)27-13-26-20)18-10-16(24)6-7-25-18/h6-7,10,12-14H,8-9,11H2,1-5H3,(H,28,32)/t14-/m0/s1. The smallest absolute Gasteiger partial charge is 0.410 e. The fourth-order valence-electron chi connectivity index (χ4n) is 4.01. The molecule has 180 valence electrons. The van der Waals surface area contributed by atoms with Gasteiger partial charge in [0, 0.05) is 56.1 Å². The lowest BCUT2D eigenvalue weighted by Gasteiger charge is -2.41. The van der Waals surface area contributed by atoms with Gasteiger partial charge < -0.3 is 19.9 Å². The van der Waals surface area contributed by atoms with E-state index in [1.54, 1.807) is 34.0 Å². The van der Waals surface area contributed by atoms with E-state index in [1.807, 2.05) is 27.7 Å². The Bertz CT molecular complexity index is 1240. The third kappa shape index (κ3) is 4.91. The second-order valence-electron chi connectivity index (χ2n) is 9.29. The fourth-order valence-corrected chi connectivity index (χ4v) is 4.17. The summed E-state index contributed by atoms with van der Waals surface area (Å²) in [6.07, 6.45) is 4.54. The summed E-state index contributed by atoms with van der Waals surface area (Å²) in [5, 5.41) is 4.12. The van der Waals surface area contributed by atoms with Gasteiger partial charge in [0.25, 0.3) is 0 Å². The number of pyridine rings is 1. The number of amides is 2. The van der Waals surface area contributed by atoms with Gasteiger partial charge in [0.2, 0.25) is 5.91 Å². The topological polar surface area (TPSA) is 105 Å². The van der Waals surface area contributed by atoms with Gasteiger partial charge in [-0.2, -0.15) is 0 Å². The molecule has 1 N–H and O–H groups in total. The third-order valence-electron chi connectivity index (χ3n) is 5.38. The van der Waals surface area contributed by atoms with Crippen molar-refractivity contribution in [1.29, 1.82) is 0 Å². The van der Waals surface area contributed by atoms with E-state index >= 15 is 0 Å². The number of nitrogens with one attached hydrogen (secondary N) is 1. The van der Waals surface area contributed by atoms with Crippen LogP contribution < -0.4 is 10.2 Å². The molecule has 3 aromatic heterocycles. The molecule has 4 rings (SSSR count). The normalized spacial score (nSPS) is 16.6. The number of halogens is 1. The average molecular weight is 486 g/mol. The van der Waals surface area contributed by atoms with Crippen molar-refractivity contribution in [2.24, 2.45) is 0 Å². The van der Waals surface area contributed by atoms with E-state index in [1.165, 1.54) is 13.3 Å². The van der Waals surface area contributed by atoms with E-state index in [0.29, 0.717) is 53.0 Å². The number of hydrogen-bond acceptors (Lipinski definition) is 7. The molecule has 11 heteroatoms. The molecule has 2 amide bonds. The Morgan fingerprint density at radius 1 is 1.21 bits per heavy atom. The van der Waals surface area contributed by atoms with Crippen molar-refractivity contribution in [3.63, 3.8) is 0 Å². The Labute approximate surface area is 202 Å². The summed E-state index contributed by atoms with van der Waals surface area (Å²) in [4.78, 5) is 41.8. The van der Waals surface area contributed by atoms with E-state index in [0.717, 1.165) is 0 Å². The van der Waals surface area contributed by atoms with E-state index in [4.69, 9.17) is 16.3 Å². The van der Waals surface area contributed by atoms with Crippen LogP contribution in [0.25, 0.3) is 16.9 Å². The summed E-state index contributed by atoms with van der Waals surface area (Å²) in [5.74, 6) is 1.03. The van der Waals surface area contributed by atoms with Gasteiger partial charge in [-0.15, -0.1) is 0 Å². The molecule has 1 atom stereocenters. The first-order valence-electron chi connectivity index (χ1n) is 11.0. The molecule has 0 unspecified atom stereocenters. The summed E-state index contributed by atoms with van der Waals surface area (Å²) in [6.45, 7) is 10.5.